The highest BCUT2D eigenvalue weighted by atomic mass is 32.2. The summed E-state index contributed by atoms with van der Waals surface area (Å²) in [6.45, 7) is 2.02. The summed E-state index contributed by atoms with van der Waals surface area (Å²) in [7, 11) is -0.739. The van der Waals surface area contributed by atoms with Gasteiger partial charge >= 0.3 is 0 Å². The Morgan fingerprint density at radius 3 is 2.31 bits per heavy atom. The number of ether oxygens (including phenoxy) is 2. The number of anilines is 1. The molecule has 0 saturated heterocycles. The lowest BCUT2D eigenvalue weighted by molar-refractivity contribution is -0.121. The van der Waals surface area contributed by atoms with Crippen LogP contribution in [0.25, 0.3) is 0 Å². The summed E-state index contributed by atoms with van der Waals surface area (Å²) < 4.78 is 36.4. The van der Waals surface area contributed by atoms with Gasteiger partial charge in [-0.15, -0.1) is 0 Å². The van der Waals surface area contributed by atoms with E-state index >= 15 is 0 Å². The second-order valence-electron chi connectivity index (χ2n) is 6.65. The highest BCUT2D eigenvalue weighted by molar-refractivity contribution is 7.92. The van der Waals surface area contributed by atoms with Crippen LogP contribution in [0, 0.1) is 0 Å². The van der Waals surface area contributed by atoms with Crippen molar-refractivity contribution in [3.63, 3.8) is 0 Å². The molecular weight excluding hydrogens is 392 g/mol. The van der Waals surface area contributed by atoms with Crippen LogP contribution in [0.3, 0.4) is 0 Å². The minimum atomic E-state index is -3.70. The van der Waals surface area contributed by atoms with Gasteiger partial charge < -0.3 is 14.8 Å². The molecule has 0 heterocycles. The third kappa shape index (κ3) is 6.12. The van der Waals surface area contributed by atoms with Crippen molar-refractivity contribution in [2.24, 2.45) is 0 Å². The number of carbonyl (C=O) groups excluding carboxylic acids is 1. The van der Waals surface area contributed by atoms with Crippen LogP contribution < -0.4 is 19.1 Å². The van der Waals surface area contributed by atoms with Gasteiger partial charge in [0.15, 0.2) is 11.5 Å². The summed E-state index contributed by atoms with van der Waals surface area (Å²) in [5, 5.41) is 2.83. The number of nitrogens with zero attached hydrogens (tertiary/aromatic N) is 1. The van der Waals surface area contributed by atoms with Crippen molar-refractivity contribution in [1.82, 2.24) is 5.32 Å². The monoisotopic (exact) mass is 420 g/mol. The van der Waals surface area contributed by atoms with Crippen LogP contribution in [0.1, 0.15) is 18.9 Å². The number of amides is 1. The highest BCUT2D eigenvalue weighted by Crippen LogP contribution is 2.33. The minimum Gasteiger partial charge on any atom is -0.493 e. The lowest BCUT2D eigenvalue weighted by Gasteiger charge is -2.28. The highest BCUT2D eigenvalue weighted by Gasteiger charge is 2.29. The Balaban J connectivity index is 2.08. The molecule has 158 valence electrons. The van der Waals surface area contributed by atoms with Crippen LogP contribution in [-0.4, -0.2) is 47.4 Å². The molecule has 2 aromatic rings. The Morgan fingerprint density at radius 2 is 1.72 bits per heavy atom. The van der Waals surface area contributed by atoms with Crippen LogP contribution in [0.5, 0.6) is 11.5 Å². The fourth-order valence-electron chi connectivity index (χ4n) is 3.07. The standard InChI is InChI=1S/C21H28N2O5S/c1-16(21(24)22-14-8-11-17-9-6-5-7-10-17)23(29(4,25)26)18-12-13-19(27-2)20(15-18)28-3/h5-7,9-10,12-13,15-16H,8,11,14H2,1-4H3,(H,22,24). The van der Waals surface area contributed by atoms with Crippen molar-refractivity contribution in [1.29, 1.82) is 0 Å². The number of benzene rings is 2. The third-order valence-corrected chi connectivity index (χ3v) is 5.74. The first kappa shape index (κ1) is 22.5. The zero-order chi connectivity index (χ0) is 21.4. The van der Waals surface area contributed by atoms with Crippen molar-refractivity contribution in [3.8, 4) is 11.5 Å². The van der Waals surface area contributed by atoms with Gasteiger partial charge in [-0.3, -0.25) is 9.10 Å². The molecule has 1 unspecified atom stereocenters. The first-order valence-corrected chi connectivity index (χ1v) is 11.2. The normalized spacial score (nSPS) is 12.1. The average molecular weight is 421 g/mol. The van der Waals surface area contributed by atoms with Crippen molar-refractivity contribution < 1.29 is 22.7 Å². The van der Waals surface area contributed by atoms with Gasteiger partial charge in [0.05, 0.1) is 26.2 Å². The van der Waals surface area contributed by atoms with Crippen LogP contribution in [0.15, 0.2) is 48.5 Å². The maximum atomic E-state index is 12.6. The molecule has 1 amide bonds. The minimum absolute atomic E-state index is 0.331. The third-order valence-electron chi connectivity index (χ3n) is 4.49. The first-order chi connectivity index (χ1) is 13.8. The first-order valence-electron chi connectivity index (χ1n) is 9.31. The SMILES string of the molecule is COc1ccc(N(C(C)C(=O)NCCCc2ccccc2)S(C)(=O)=O)cc1OC. The molecule has 29 heavy (non-hydrogen) atoms. The molecule has 8 heteroatoms. The number of methoxy groups -OCH3 is 2. The van der Waals surface area contributed by atoms with E-state index < -0.39 is 16.1 Å². The second-order valence-corrected chi connectivity index (χ2v) is 8.51. The predicted octanol–water partition coefficient (Wildman–Crippen LogP) is 2.61. The van der Waals surface area contributed by atoms with E-state index in [0.717, 1.165) is 23.4 Å². The number of rotatable bonds is 10. The van der Waals surface area contributed by atoms with Crippen LogP contribution in [0.4, 0.5) is 5.69 Å². The molecule has 0 saturated carbocycles. The fourth-order valence-corrected chi connectivity index (χ4v) is 4.23. The molecule has 0 bridgehead atoms. The van der Waals surface area contributed by atoms with Gasteiger partial charge in [0.25, 0.3) is 0 Å². The maximum Gasteiger partial charge on any atom is 0.243 e. The summed E-state index contributed by atoms with van der Waals surface area (Å²) in [4.78, 5) is 12.6. The molecule has 0 aliphatic heterocycles. The van der Waals surface area contributed by atoms with Crippen LogP contribution in [-0.2, 0) is 21.2 Å². The van der Waals surface area contributed by atoms with Gasteiger partial charge in [-0.05, 0) is 37.5 Å². The lowest BCUT2D eigenvalue weighted by Crippen LogP contribution is -2.48. The molecule has 1 atom stereocenters. The summed E-state index contributed by atoms with van der Waals surface area (Å²) in [5.74, 6) is 0.495. The molecule has 2 aromatic carbocycles. The molecule has 0 radical (unpaired) electrons. The molecule has 0 aliphatic rings. The second kappa shape index (κ2) is 10.2. The number of aryl methyl sites for hydroxylation is 1. The van der Waals surface area contributed by atoms with Crippen molar-refractivity contribution >= 4 is 21.6 Å². The quantitative estimate of drug-likeness (QED) is 0.597. The summed E-state index contributed by atoms with van der Waals surface area (Å²) in [5.41, 5.74) is 1.52. The van der Waals surface area contributed by atoms with Crippen LogP contribution in [0.2, 0.25) is 0 Å². The number of nitrogens with one attached hydrogen (secondary N) is 1. The zero-order valence-corrected chi connectivity index (χ0v) is 18.0. The smallest absolute Gasteiger partial charge is 0.243 e. The van der Waals surface area contributed by atoms with E-state index in [2.05, 4.69) is 5.32 Å². The Hall–Kier alpha value is -2.74. The van der Waals surface area contributed by atoms with E-state index in [0.29, 0.717) is 23.7 Å². The molecule has 0 spiro atoms. The van der Waals surface area contributed by atoms with Gasteiger partial charge in [-0.2, -0.15) is 0 Å². The van der Waals surface area contributed by atoms with E-state index in [9.17, 15) is 13.2 Å². The fraction of sp³-hybridized carbons (Fsp3) is 0.381. The van der Waals surface area contributed by atoms with E-state index in [4.69, 9.17) is 9.47 Å². The van der Waals surface area contributed by atoms with E-state index in [1.807, 2.05) is 30.3 Å². The van der Waals surface area contributed by atoms with Crippen molar-refractivity contribution in [2.45, 2.75) is 25.8 Å². The van der Waals surface area contributed by atoms with Gasteiger partial charge in [0.2, 0.25) is 15.9 Å². The molecule has 0 aliphatic carbocycles. The maximum absolute atomic E-state index is 12.6. The van der Waals surface area contributed by atoms with Crippen LogP contribution >= 0.6 is 0 Å². The Kier molecular flexibility index (Phi) is 7.90. The number of sulfonamides is 1. The Labute approximate surface area is 172 Å². The zero-order valence-electron chi connectivity index (χ0n) is 17.2. The summed E-state index contributed by atoms with van der Waals surface area (Å²) in [6, 6.07) is 13.8. The van der Waals surface area contributed by atoms with E-state index in [1.54, 1.807) is 25.1 Å². The van der Waals surface area contributed by atoms with Gasteiger partial charge in [0.1, 0.15) is 6.04 Å². The van der Waals surface area contributed by atoms with E-state index in [1.165, 1.54) is 19.8 Å². The molecule has 2 rings (SSSR count). The van der Waals surface area contributed by atoms with E-state index in [-0.39, 0.29) is 5.91 Å². The van der Waals surface area contributed by atoms with Gasteiger partial charge in [0, 0.05) is 12.6 Å². The average Bonchev–Trinajstić information content (AvgIpc) is 2.70. The summed E-state index contributed by atoms with van der Waals surface area (Å²) >= 11 is 0. The molecular formula is C21H28N2O5S. The Bertz CT molecular complexity index is 916. The molecule has 0 aromatic heterocycles. The Morgan fingerprint density at radius 1 is 1.07 bits per heavy atom. The lowest BCUT2D eigenvalue weighted by atomic mass is 10.1. The largest absolute Gasteiger partial charge is 0.493 e. The number of hydrogen-bond acceptors (Lipinski definition) is 5. The number of carbonyl (C=O) groups is 1. The topological polar surface area (TPSA) is 84.9 Å². The molecule has 0 fully saturated rings. The predicted molar refractivity (Wildman–Crippen MR) is 114 cm³/mol. The number of hydrogen-bond donors (Lipinski definition) is 1. The van der Waals surface area contributed by atoms with Gasteiger partial charge in [-0.25, -0.2) is 8.42 Å². The van der Waals surface area contributed by atoms with Crippen molar-refractivity contribution in [3.05, 3.63) is 54.1 Å². The molecule has 1 N–H and O–H groups in total. The van der Waals surface area contributed by atoms with Gasteiger partial charge in [-0.1, -0.05) is 30.3 Å². The summed E-state index contributed by atoms with van der Waals surface area (Å²) in [6.07, 6.45) is 2.67. The van der Waals surface area contributed by atoms with Crippen molar-refractivity contribution in [2.75, 3.05) is 31.3 Å². The molecule has 7 nitrogen and oxygen atoms in total.